The zero-order valence-electron chi connectivity index (χ0n) is 9.73. The molecule has 0 aliphatic rings. The molecule has 2 amide bonds. The second-order valence-electron chi connectivity index (χ2n) is 3.71. The Bertz CT molecular complexity index is 420. The highest BCUT2D eigenvalue weighted by atomic mass is 16.4. The number of carboxylic acids is 1. The third kappa shape index (κ3) is 4.10. The molecule has 0 bridgehead atoms. The van der Waals surface area contributed by atoms with Gasteiger partial charge in [0.2, 0.25) is 0 Å². The molecular formula is C11H15N3O3. The van der Waals surface area contributed by atoms with Gasteiger partial charge in [-0.05, 0) is 19.1 Å². The van der Waals surface area contributed by atoms with Crippen molar-refractivity contribution < 1.29 is 14.7 Å². The van der Waals surface area contributed by atoms with E-state index >= 15 is 0 Å². The average molecular weight is 237 g/mol. The fourth-order valence-electron chi connectivity index (χ4n) is 1.12. The number of rotatable bonds is 4. The summed E-state index contributed by atoms with van der Waals surface area (Å²) < 4.78 is 0. The van der Waals surface area contributed by atoms with E-state index in [2.05, 4.69) is 15.6 Å². The molecule has 0 fully saturated rings. The lowest BCUT2D eigenvalue weighted by Gasteiger charge is -2.10. The van der Waals surface area contributed by atoms with Gasteiger partial charge < -0.3 is 15.7 Å². The van der Waals surface area contributed by atoms with Crippen LogP contribution in [0.4, 0.5) is 10.5 Å². The largest absolute Gasteiger partial charge is 0.481 e. The van der Waals surface area contributed by atoms with Crippen molar-refractivity contribution in [2.75, 3.05) is 11.9 Å². The zero-order chi connectivity index (χ0) is 12.8. The topological polar surface area (TPSA) is 91.3 Å². The Morgan fingerprint density at radius 2 is 2.24 bits per heavy atom. The highest BCUT2D eigenvalue weighted by Crippen LogP contribution is 2.09. The molecule has 1 unspecified atom stereocenters. The van der Waals surface area contributed by atoms with Gasteiger partial charge in [0.1, 0.15) is 0 Å². The van der Waals surface area contributed by atoms with Crippen molar-refractivity contribution in [2.24, 2.45) is 5.92 Å². The Morgan fingerprint density at radius 3 is 2.82 bits per heavy atom. The van der Waals surface area contributed by atoms with Crippen molar-refractivity contribution in [3.05, 3.63) is 24.0 Å². The summed E-state index contributed by atoms with van der Waals surface area (Å²) in [6.07, 6.45) is 1.63. The minimum Gasteiger partial charge on any atom is -0.481 e. The summed E-state index contributed by atoms with van der Waals surface area (Å²) in [5.41, 5.74) is 1.31. The molecule has 0 saturated carbocycles. The van der Waals surface area contributed by atoms with Gasteiger partial charge in [0.15, 0.2) is 0 Å². The van der Waals surface area contributed by atoms with E-state index in [4.69, 9.17) is 5.11 Å². The number of carbonyl (C=O) groups is 2. The number of aromatic nitrogens is 1. The lowest BCUT2D eigenvalue weighted by atomic mass is 10.2. The highest BCUT2D eigenvalue weighted by Gasteiger charge is 2.12. The van der Waals surface area contributed by atoms with Gasteiger partial charge in [0, 0.05) is 12.7 Å². The molecule has 0 aromatic carbocycles. The number of aliphatic carboxylic acids is 1. The fourth-order valence-corrected chi connectivity index (χ4v) is 1.12. The zero-order valence-corrected chi connectivity index (χ0v) is 9.73. The average Bonchev–Trinajstić information content (AvgIpc) is 2.29. The van der Waals surface area contributed by atoms with Gasteiger partial charge in [0.25, 0.3) is 0 Å². The predicted octanol–water partition coefficient (Wildman–Crippen LogP) is 1.23. The highest BCUT2D eigenvalue weighted by molar-refractivity contribution is 5.90. The Labute approximate surface area is 99.1 Å². The van der Waals surface area contributed by atoms with E-state index in [0.717, 1.165) is 0 Å². The van der Waals surface area contributed by atoms with Crippen molar-refractivity contribution >= 4 is 17.7 Å². The van der Waals surface area contributed by atoms with Crippen LogP contribution in [0, 0.1) is 12.8 Å². The van der Waals surface area contributed by atoms with Crippen LogP contribution >= 0.6 is 0 Å². The van der Waals surface area contributed by atoms with Crippen molar-refractivity contribution in [2.45, 2.75) is 13.8 Å². The first-order chi connectivity index (χ1) is 8.00. The standard InChI is InChI=1S/C11H15N3O3/c1-7(10(15)16)6-13-11(17)14-9-4-3-5-12-8(9)2/h3-5,7H,6H2,1-2H3,(H,15,16)(H2,13,14,17). The smallest absolute Gasteiger partial charge is 0.319 e. The summed E-state index contributed by atoms with van der Waals surface area (Å²) in [5, 5.41) is 13.7. The van der Waals surface area contributed by atoms with Gasteiger partial charge in [0.05, 0.1) is 17.3 Å². The molecule has 0 aliphatic heterocycles. The van der Waals surface area contributed by atoms with Gasteiger partial charge >= 0.3 is 12.0 Å². The molecule has 6 heteroatoms. The summed E-state index contributed by atoms with van der Waals surface area (Å²) in [4.78, 5) is 26.0. The summed E-state index contributed by atoms with van der Waals surface area (Å²) in [7, 11) is 0. The minimum absolute atomic E-state index is 0.0838. The first kappa shape index (κ1) is 13.0. The number of anilines is 1. The number of aryl methyl sites for hydroxylation is 1. The molecule has 92 valence electrons. The maximum Gasteiger partial charge on any atom is 0.319 e. The van der Waals surface area contributed by atoms with E-state index in [1.54, 1.807) is 25.3 Å². The molecule has 1 rings (SSSR count). The minimum atomic E-state index is -0.942. The number of hydrogen-bond acceptors (Lipinski definition) is 3. The maximum absolute atomic E-state index is 11.4. The lowest BCUT2D eigenvalue weighted by Crippen LogP contribution is -2.34. The predicted molar refractivity (Wildman–Crippen MR) is 62.8 cm³/mol. The summed E-state index contributed by atoms with van der Waals surface area (Å²) in [5.74, 6) is -1.56. The molecule has 1 heterocycles. The third-order valence-corrected chi connectivity index (χ3v) is 2.25. The van der Waals surface area contributed by atoms with Crippen LogP contribution in [0.25, 0.3) is 0 Å². The number of carboxylic acid groups (broad SMARTS) is 1. The van der Waals surface area contributed by atoms with Gasteiger partial charge in [-0.1, -0.05) is 6.92 Å². The molecule has 0 saturated heterocycles. The van der Waals surface area contributed by atoms with Crippen molar-refractivity contribution in [3.63, 3.8) is 0 Å². The maximum atomic E-state index is 11.4. The Hall–Kier alpha value is -2.11. The molecule has 17 heavy (non-hydrogen) atoms. The first-order valence-corrected chi connectivity index (χ1v) is 5.20. The number of nitrogens with zero attached hydrogens (tertiary/aromatic N) is 1. The van der Waals surface area contributed by atoms with Crippen LogP contribution in [-0.4, -0.2) is 28.6 Å². The van der Waals surface area contributed by atoms with E-state index in [-0.39, 0.29) is 6.54 Å². The van der Waals surface area contributed by atoms with Crippen LogP contribution in [0.1, 0.15) is 12.6 Å². The summed E-state index contributed by atoms with van der Waals surface area (Å²) >= 11 is 0. The monoisotopic (exact) mass is 237 g/mol. The number of pyridine rings is 1. The number of urea groups is 1. The van der Waals surface area contributed by atoms with Crippen molar-refractivity contribution in [3.8, 4) is 0 Å². The quantitative estimate of drug-likeness (QED) is 0.734. The Kier molecular flexibility index (Phi) is 4.45. The molecular weight excluding hydrogens is 222 g/mol. The van der Waals surface area contributed by atoms with E-state index in [0.29, 0.717) is 11.4 Å². The molecule has 1 aromatic rings. The van der Waals surface area contributed by atoms with E-state index in [1.807, 2.05) is 0 Å². The number of carbonyl (C=O) groups excluding carboxylic acids is 1. The number of amides is 2. The van der Waals surface area contributed by atoms with Crippen LogP contribution in [-0.2, 0) is 4.79 Å². The van der Waals surface area contributed by atoms with Crippen LogP contribution in [0.15, 0.2) is 18.3 Å². The molecule has 0 radical (unpaired) electrons. The van der Waals surface area contributed by atoms with Crippen molar-refractivity contribution in [1.29, 1.82) is 0 Å². The Balaban J connectivity index is 2.46. The number of hydrogen-bond donors (Lipinski definition) is 3. The summed E-state index contributed by atoms with van der Waals surface area (Å²) in [6.45, 7) is 3.38. The lowest BCUT2D eigenvalue weighted by molar-refractivity contribution is -0.140. The van der Waals surface area contributed by atoms with Gasteiger partial charge in [-0.15, -0.1) is 0 Å². The molecule has 0 aliphatic carbocycles. The van der Waals surface area contributed by atoms with Crippen LogP contribution in [0.5, 0.6) is 0 Å². The van der Waals surface area contributed by atoms with Crippen LogP contribution < -0.4 is 10.6 Å². The van der Waals surface area contributed by atoms with E-state index < -0.39 is 17.9 Å². The molecule has 3 N–H and O–H groups in total. The second-order valence-corrected chi connectivity index (χ2v) is 3.71. The van der Waals surface area contributed by atoms with Crippen LogP contribution in [0.2, 0.25) is 0 Å². The van der Waals surface area contributed by atoms with Gasteiger partial charge in [-0.3, -0.25) is 9.78 Å². The molecule has 1 atom stereocenters. The molecule has 6 nitrogen and oxygen atoms in total. The van der Waals surface area contributed by atoms with Gasteiger partial charge in [-0.2, -0.15) is 0 Å². The van der Waals surface area contributed by atoms with E-state index in [1.165, 1.54) is 6.92 Å². The Morgan fingerprint density at radius 1 is 1.53 bits per heavy atom. The second kappa shape index (κ2) is 5.83. The number of nitrogens with one attached hydrogen (secondary N) is 2. The first-order valence-electron chi connectivity index (χ1n) is 5.20. The van der Waals surface area contributed by atoms with E-state index in [9.17, 15) is 9.59 Å². The summed E-state index contributed by atoms with van der Waals surface area (Å²) in [6, 6.07) is 3.00. The van der Waals surface area contributed by atoms with Gasteiger partial charge in [-0.25, -0.2) is 4.79 Å². The third-order valence-electron chi connectivity index (χ3n) is 2.25. The molecule has 0 spiro atoms. The SMILES string of the molecule is Cc1ncccc1NC(=O)NCC(C)C(=O)O. The van der Waals surface area contributed by atoms with Crippen molar-refractivity contribution in [1.82, 2.24) is 10.3 Å². The molecule has 1 aromatic heterocycles. The normalized spacial score (nSPS) is 11.6. The fraction of sp³-hybridized carbons (Fsp3) is 0.364. The van der Waals surface area contributed by atoms with Crippen LogP contribution in [0.3, 0.4) is 0 Å².